The van der Waals surface area contributed by atoms with Gasteiger partial charge in [-0.05, 0) is 104 Å². The fraction of sp³-hybridized carbons (Fsp3) is 0.872. The van der Waals surface area contributed by atoms with Crippen LogP contribution in [0.3, 0.4) is 0 Å². The summed E-state index contributed by atoms with van der Waals surface area (Å²) in [6.45, 7) is 19.8. The summed E-state index contributed by atoms with van der Waals surface area (Å²) in [6, 6.07) is 0.0282. The Morgan fingerprint density at radius 1 is 1.06 bits per heavy atom. The van der Waals surface area contributed by atoms with Crippen molar-refractivity contribution in [2.75, 3.05) is 40.1 Å². The molecule has 3 heterocycles. The molecular formula is C39H62N4O5. The monoisotopic (exact) mass is 666 g/mol. The van der Waals surface area contributed by atoms with Gasteiger partial charge >= 0.3 is 5.97 Å². The van der Waals surface area contributed by atoms with Crippen LogP contribution in [0.1, 0.15) is 106 Å². The molecule has 7 rings (SSSR count). The predicted molar refractivity (Wildman–Crippen MR) is 184 cm³/mol. The van der Waals surface area contributed by atoms with E-state index in [0.717, 1.165) is 71.2 Å². The zero-order valence-corrected chi connectivity index (χ0v) is 30.9. The molecule has 1 aromatic heterocycles. The first-order chi connectivity index (χ1) is 22.7. The van der Waals surface area contributed by atoms with E-state index in [4.69, 9.17) is 19.3 Å². The highest BCUT2D eigenvalue weighted by Crippen LogP contribution is 2.75. The van der Waals surface area contributed by atoms with Gasteiger partial charge in [-0.2, -0.15) is 5.10 Å². The van der Waals surface area contributed by atoms with Gasteiger partial charge in [-0.3, -0.25) is 4.79 Å². The molecule has 9 nitrogen and oxygen atoms in total. The van der Waals surface area contributed by atoms with Crippen molar-refractivity contribution in [3.05, 3.63) is 24.3 Å². The largest absolute Gasteiger partial charge is 0.481 e. The number of hydrogen-bond acceptors (Lipinski definition) is 7. The maximum absolute atomic E-state index is 13.5. The van der Waals surface area contributed by atoms with Crippen LogP contribution in [0.4, 0.5) is 0 Å². The third kappa shape index (κ3) is 4.72. The molecule has 9 heteroatoms. The molecule has 1 aromatic rings. The number of aromatic nitrogens is 3. The Kier molecular flexibility index (Phi) is 8.57. The Hall–Kier alpha value is -1.81. The van der Waals surface area contributed by atoms with Crippen molar-refractivity contribution in [2.45, 2.75) is 118 Å². The molecule has 0 unspecified atom stereocenters. The molecule has 2 bridgehead atoms. The smallest absolute Gasteiger partial charge is 0.307 e. The fourth-order valence-corrected chi connectivity index (χ4v) is 13.0. The SMILES string of the molecule is CNC1(CO[C@H]2[C@H](n3cncn3)C[C@]3(C)COC[C@@]24C2=CC[C@@]5(C)[C@H](C(=O)O)[C@@](C)([C@H](C)C(C)C)CC[C@]5(C)[C@H]2CC[C@H]34)CCOCC1. The number of allylic oxidation sites excluding steroid dienone is 1. The van der Waals surface area contributed by atoms with Gasteiger partial charge in [-0.25, -0.2) is 9.67 Å². The van der Waals surface area contributed by atoms with Gasteiger partial charge in [0.15, 0.2) is 0 Å². The second-order valence-corrected chi connectivity index (χ2v) is 18.4. The lowest BCUT2D eigenvalue weighted by atomic mass is 9.34. The molecule has 2 aliphatic heterocycles. The normalized spacial score (nSPS) is 45.8. The minimum Gasteiger partial charge on any atom is -0.481 e. The lowest BCUT2D eigenvalue weighted by molar-refractivity contribution is -0.255. The Balaban J connectivity index is 1.36. The second-order valence-electron chi connectivity index (χ2n) is 18.4. The number of hydrogen-bond donors (Lipinski definition) is 2. The van der Waals surface area contributed by atoms with Crippen molar-refractivity contribution >= 4 is 5.97 Å². The average molecular weight is 667 g/mol. The summed E-state index contributed by atoms with van der Waals surface area (Å²) in [4.78, 5) is 17.9. The highest BCUT2D eigenvalue weighted by atomic mass is 16.5. The van der Waals surface area contributed by atoms with E-state index in [1.54, 1.807) is 6.33 Å². The Bertz CT molecular complexity index is 1390. The van der Waals surface area contributed by atoms with E-state index < -0.39 is 11.9 Å². The molecule has 268 valence electrons. The Labute approximate surface area is 288 Å². The van der Waals surface area contributed by atoms with Crippen LogP contribution in [0.25, 0.3) is 0 Å². The van der Waals surface area contributed by atoms with Gasteiger partial charge < -0.3 is 24.6 Å². The zero-order chi connectivity index (χ0) is 34.3. The van der Waals surface area contributed by atoms with Crippen LogP contribution in [0, 0.1) is 56.7 Å². The Morgan fingerprint density at radius 2 is 1.81 bits per heavy atom. The molecule has 0 radical (unpaired) electrons. The first kappa shape index (κ1) is 34.6. The number of likely N-dealkylation sites (N-methyl/N-ethyl adjacent to an activating group) is 1. The lowest BCUT2D eigenvalue weighted by Gasteiger charge is -2.71. The van der Waals surface area contributed by atoms with Crippen LogP contribution in [-0.4, -0.2) is 77.6 Å². The van der Waals surface area contributed by atoms with E-state index in [1.165, 1.54) is 5.57 Å². The van der Waals surface area contributed by atoms with Crippen LogP contribution >= 0.6 is 0 Å². The molecule has 48 heavy (non-hydrogen) atoms. The van der Waals surface area contributed by atoms with E-state index in [9.17, 15) is 9.90 Å². The quantitative estimate of drug-likeness (QED) is 0.301. The third-order valence-corrected chi connectivity index (χ3v) is 16.3. The summed E-state index contributed by atoms with van der Waals surface area (Å²) in [6.07, 6.45) is 13.7. The maximum atomic E-state index is 13.5. The van der Waals surface area contributed by atoms with Gasteiger partial charge in [0, 0.05) is 24.2 Å². The third-order valence-electron chi connectivity index (χ3n) is 16.3. The van der Waals surface area contributed by atoms with Gasteiger partial charge in [-0.1, -0.05) is 60.1 Å². The molecule has 6 aliphatic rings. The van der Waals surface area contributed by atoms with Crippen molar-refractivity contribution in [2.24, 2.45) is 56.7 Å². The van der Waals surface area contributed by atoms with Crippen LogP contribution in [0.2, 0.25) is 0 Å². The van der Waals surface area contributed by atoms with E-state index in [2.05, 4.69) is 76.6 Å². The number of ether oxygens (including phenoxy) is 3. The number of carbonyl (C=O) groups is 1. The molecule has 0 spiro atoms. The minimum absolute atomic E-state index is 0.0248. The van der Waals surface area contributed by atoms with E-state index in [0.29, 0.717) is 31.0 Å². The molecule has 0 amide bonds. The molecule has 11 atom stereocenters. The number of aliphatic carboxylic acids is 1. The van der Waals surface area contributed by atoms with Gasteiger partial charge in [-0.15, -0.1) is 0 Å². The Morgan fingerprint density at radius 3 is 2.46 bits per heavy atom. The molecule has 0 aromatic carbocycles. The average Bonchev–Trinajstić information content (AvgIpc) is 3.59. The number of nitrogens with one attached hydrogen (secondary N) is 1. The lowest BCUT2D eigenvalue weighted by Crippen LogP contribution is -2.70. The molecule has 4 aliphatic carbocycles. The highest BCUT2D eigenvalue weighted by Gasteiger charge is 2.72. The maximum Gasteiger partial charge on any atom is 0.307 e. The van der Waals surface area contributed by atoms with E-state index >= 15 is 0 Å². The van der Waals surface area contributed by atoms with E-state index in [-0.39, 0.29) is 50.7 Å². The standard InChI is InChI=1S/C39H62N4O5/c1-25(2)26(3)35(5)13-14-36(6)27-9-10-30-34(4)19-29(43-24-41-23-42-43)32(48-21-38(40-8)15-17-46-18-16-38)39(30,22-47-20-34)28(27)11-12-37(36,7)31(35)33(44)45/h11,23-27,29-32,40H,9-10,12-22H2,1-8H3,(H,44,45)/t26-,27+,29-,30-,31-,32+,34-,35-,36-,37+,39+/m1/s1. The zero-order valence-electron chi connectivity index (χ0n) is 30.9. The summed E-state index contributed by atoms with van der Waals surface area (Å²) in [5, 5.41) is 19.5. The fourth-order valence-electron chi connectivity index (χ4n) is 13.0. The molecule has 3 saturated carbocycles. The van der Waals surface area contributed by atoms with Crippen molar-refractivity contribution in [3.8, 4) is 0 Å². The van der Waals surface area contributed by atoms with Crippen molar-refractivity contribution in [1.82, 2.24) is 20.1 Å². The van der Waals surface area contributed by atoms with Gasteiger partial charge in [0.2, 0.25) is 0 Å². The van der Waals surface area contributed by atoms with Crippen molar-refractivity contribution in [1.29, 1.82) is 0 Å². The number of fused-ring (bicyclic) bond motifs is 3. The number of carboxylic acid groups (broad SMARTS) is 1. The summed E-state index contributed by atoms with van der Waals surface area (Å²) in [7, 11) is 2.06. The van der Waals surface area contributed by atoms with Gasteiger partial charge in [0.25, 0.3) is 0 Å². The summed E-state index contributed by atoms with van der Waals surface area (Å²) in [5.74, 6) is 0.417. The summed E-state index contributed by atoms with van der Waals surface area (Å²) >= 11 is 0. The van der Waals surface area contributed by atoms with Crippen molar-refractivity contribution < 1.29 is 24.1 Å². The summed E-state index contributed by atoms with van der Waals surface area (Å²) < 4.78 is 22.0. The molecular weight excluding hydrogens is 604 g/mol. The van der Waals surface area contributed by atoms with E-state index in [1.807, 2.05) is 6.33 Å². The summed E-state index contributed by atoms with van der Waals surface area (Å²) in [5.41, 5.74) is 0.240. The van der Waals surface area contributed by atoms with Crippen LogP contribution in [0.15, 0.2) is 24.3 Å². The second kappa shape index (κ2) is 11.9. The molecule has 5 fully saturated rings. The number of carboxylic acids is 1. The minimum atomic E-state index is -0.616. The van der Waals surface area contributed by atoms with Crippen LogP contribution in [-0.2, 0) is 19.0 Å². The first-order valence-electron chi connectivity index (χ1n) is 18.9. The van der Waals surface area contributed by atoms with Crippen LogP contribution in [0.5, 0.6) is 0 Å². The van der Waals surface area contributed by atoms with Gasteiger partial charge in [0.1, 0.15) is 12.7 Å². The van der Waals surface area contributed by atoms with Crippen LogP contribution < -0.4 is 5.32 Å². The topological polar surface area (TPSA) is 108 Å². The van der Waals surface area contributed by atoms with Crippen molar-refractivity contribution in [3.63, 3.8) is 0 Å². The number of nitrogens with zero attached hydrogens (tertiary/aromatic N) is 3. The number of rotatable bonds is 8. The highest BCUT2D eigenvalue weighted by molar-refractivity contribution is 5.73. The first-order valence-corrected chi connectivity index (χ1v) is 18.9. The molecule has 2 N–H and O–H groups in total. The predicted octanol–water partition coefficient (Wildman–Crippen LogP) is 6.56. The van der Waals surface area contributed by atoms with Gasteiger partial charge in [0.05, 0.1) is 37.9 Å². The molecule has 2 saturated heterocycles.